The number of hydrogen-bond donors (Lipinski definition) is 1. The zero-order chi connectivity index (χ0) is 16.5. The summed E-state index contributed by atoms with van der Waals surface area (Å²) in [5.74, 6) is 0.262. The van der Waals surface area contributed by atoms with Gasteiger partial charge in [0.25, 0.3) is 0 Å². The standard InChI is InChI=1S/C18H36O3S/c1-4-5-6-7-8-9-10-13-18(19-2,20-3)14-11-15-21-16-12-17-22/h12,16,22H,4-11,13-15,17H2,1-3H3. The van der Waals surface area contributed by atoms with Crippen LogP contribution in [-0.4, -0.2) is 32.4 Å². The van der Waals surface area contributed by atoms with E-state index in [2.05, 4.69) is 19.6 Å². The normalized spacial score (nSPS) is 12.2. The van der Waals surface area contributed by atoms with E-state index in [0.29, 0.717) is 12.4 Å². The topological polar surface area (TPSA) is 27.7 Å². The Hall–Kier alpha value is -0.190. The molecule has 0 heterocycles. The van der Waals surface area contributed by atoms with Crippen LogP contribution < -0.4 is 0 Å². The minimum atomic E-state index is -0.444. The van der Waals surface area contributed by atoms with E-state index in [9.17, 15) is 0 Å². The largest absolute Gasteiger partial charge is 0.501 e. The van der Waals surface area contributed by atoms with Crippen LogP contribution >= 0.6 is 12.6 Å². The van der Waals surface area contributed by atoms with Gasteiger partial charge in [-0.15, -0.1) is 0 Å². The van der Waals surface area contributed by atoms with Gasteiger partial charge in [0.2, 0.25) is 0 Å². The second-order valence-corrected chi connectivity index (χ2v) is 6.08. The first-order valence-corrected chi connectivity index (χ1v) is 9.35. The van der Waals surface area contributed by atoms with Gasteiger partial charge < -0.3 is 14.2 Å². The van der Waals surface area contributed by atoms with Crippen molar-refractivity contribution in [2.24, 2.45) is 0 Å². The van der Waals surface area contributed by atoms with Crippen LogP contribution in [0, 0.1) is 0 Å². The van der Waals surface area contributed by atoms with Gasteiger partial charge in [-0.1, -0.05) is 45.4 Å². The van der Waals surface area contributed by atoms with Crippen LogP contribution in [0.25, 0.3) is 0 Å². The van der Waals surface area contributed by atoms with Crippen molar-refractivity contribution in [2.45, 2.75) is 76.9 Å². The van der Waals surface area contributed by atoms with Gasteiger partial charge in [-0.2, -0.15) is 12.6 Å². The van der Waals surface area contributed by atoms with Crippen LogP contribution in [0.4, 0.5) is 0 Å². The zero-order valence-corrected chi connectivity index (χ0v) is 15.7. The first-order chi connectivity index (χ1) is 10.7. The highest BCUT2D eigenvalue weighted by atomic mass is 32.1. The van der Waals surface area contributed by atoms with Crippen LogP contribution in [0.2, 0.25) is 0 Å². The van der Waals surface area contributed by atoms with Crippen LogP contribution in [0.3, 0.4) is 0 Å². The number of hydrogen-bond acceptors (Lipinski definition) is 4. The Morgan fingerprint density at radius 1 is 0.864 bits per heavy atom. The molecule has 22 heavy (non-hydrogen) atoms. The van der Waals surface area contributed by atoms with Gasteiger partial charge in [-0.25, -0.2) is 0 Å². The number of methoxy groups -OCH3 is 2. The highest BCUT2D eigenvalue weighted by molar-refractivity contribution is 7.80. The maximum atomic E-state index is 5.65. The molecule has 132 valence electrons. The molecule has 0 aromatic rings. The Labute approximate surface area is 143 Å². The highest BCUT2D eigenvalue weighted by Crippen LogP contribution is 2.26. The average Bonchev–Trinajstić information content (AvgIpc) is 2.55. The molecule has 0 aliphatic rings. The molecule has 0 unspecified atom stereocenters. The lowest BCUT2D eigenvalue weighted by Crippen LogP contribution is -2.34. The molecule has 0 aromatic heterocycles. The molecule has 0 spiro atoms. The molecule has 3 nitrogen and oxygen atoms in total. The monoisotopic (exact) mass is 332 g/mol. The average molecular weight is 333 g/mol. The van der Waals surface area contributed by atoms with Crippen LogP contribution in [0.5, 0.6) is 0 Å². The van der Waals surface area contributed by atoms with E-state index in [-0.39, 0.29) is 0 Å². The summed E-state index contributed by atoms with van der Waals surface area (Å²) in [5.41, 5.74) is 0. The maximum absolute atomic E-state index is 5.65. The molecule has 0 atom stereocenters. The lowest BCUT2D eigenvalue weighted by Gasteiger charge is -2.31. The first-order valence-electron chi connectivity index (χ1n) is 8.72. The van der Waals surface area contributed by atoms with Crippen molar-refractivity contribution in [3.05, 3.63) is 12.3 Å². The molecular weight excluding hydrogens is 296 g/mol. The van der Waals surface area contributed by atoms with E-state index in [0.717, 1.165) is 25.7 Å². The van der Waals surface area contributed by atoms with Gasteiger partial charge >= 0.3 is 0 Å². The van der Waals surface area contributed by atoms with E-state index in [1.54, 1.807) is 20.5 Å². The third kappa shape index (κ3) is 11.4. The Kier molecular flexibility index (Phi) is 15.6. The second-order valence-electron chi connectivity index (χ2n) is 5.72. The SMILES string of the molecule is CCCCCCCCCC(CCCOC=CCS)(OC)OC. The predicted molar refractivity (Wildman–Crippen MR) is 97.5 cm³/mol. The molecule has 0 aliphatic carbocycles. The molecule has 0 N–H and O–H groups in total. The van der Waals surface area contributed by atoms with Crippen molar-refractivity contribution in [1.29, 1.82) is 0 Å². The van der Waals surface area contributed by atoms with E-state index in [4.69, 9.17) is 14.2 Å². The smallest absolute Gasteiger partial charge is 0.167 e. The number of ether oxygens (including phenoxy) is 3. The maximum Gasteiger partial charge on any atom is 0.167 e. The second kappa shape index (κ2) is 15.7. The fraction of sp³-hybridized carbons (Fsp3) is 0.889. The molecule has 0 radical (unpaired) electrons. The number of thiol groups is 1. The Balaban J connectivity index is 3.83. The molecule has 0 saturated carbocycles. The van der Waals surface area contributed by atoms with Crippen molar-refractivity contribution in [3.8, 4) is 0 Å². The zero-order valence-electron chi connectivity index (χ0n) is 14.8. The minimum Gasteiger partial charge on any atom is -0.501 e. The van der Waals surface area contributed by atoms with Crippen molar-refractivity contribution >= 4 is 12.6 Å². The summed E-state index contributed by atoms with van der Waals surface area (Å²) in [6.07, 6.45) is 15.5. The summed E-state index contributed by atoms with van der Waals surface area (Å²) in [5, 5.41) is 0. The Bertz CT molecular complexity index is 253. The molecule has 0 fully saturated rings. The minimum absolute atomic E-state index is 0.444. The van der Waals surface area contributed by atoms with Crippen molar-refractivity contribution < 1.29 is 14.2 Å². The van der Waals surface area contributed by atoms with E-state index >= 15 is 0 Å². The predicted octanol–water partition coefficient (Wildman–Crippen LogP) is 5.36. The summed E-state index contributed by atoms with van der Waals surface area (Å²) in [6, 6.07) is 0. The summed E-state index contributed by atoms with van der Waals surface area (Å²) in [6.45, 7) is 2.94. The molecule has 0 bridgehead atoms. The molecule has 0 saturated heterocycles. The van der Waals surface area contributed by atoms with E-state index < -0.39 is 5.79 Å². The first kappa shape index (κ1) is 21.8. The van der Waals surface area contributed by atoms with Crippen LogP contribution in [0.15, 0.2) is 12.3 Å². The summed E-state index contributed by atoms with van der Waals surface area (Å²) < 4.78 is 16.7. The van der Waals surface area contributed by atoms with Gasteiger partial charge in [-0.3, -0.25) is 0 Å². The van der Waals surface area contributed by atoms with Gasteiger partial charge in [-0.05, 0) is 18.9 Å². The number of unbranched alkanes of at least 4 members (excludes halogenated alkanes) is 6. The van der Waals surface area contributed by atoms with Crippen molar-refractivity contribution in [3.63, 3.8) is 0 Å². The van der Waals surface area contributed by atoms with Gasteiger partial charge in [0.1, 0.15) is 0 Å². The lowest BCUT2D eigenvalue weighted by atomic mass is 10.0. The summed E-state index contributed by atoms with van der Waals surface area (Å²) in [4.78, 5) is 0. The van der Waals surface area contributed by atoms with Gasteiger partial charge in [0.05, 0.1) is 12.9 Å². The molecular formula is C18H36O3S. The summed E-state index contributed by atoms with van der Waals surface area (Å²) >= 11 is 4.09. The van der Waals surface area contributed by atoms with E-state index in [1.165, 1.54) is 38.5 Å². The Morgan fingerprint density at radius 3 is 2.05 bits per heavy atom. The van der Waals surface area contributed by atoms with Gasteiger partial charge in [0.15, 0.2) is 5.79 Å². The fourth-order valence-electron chi connectivity index (χ4n) is 2.57. The third-order valence-corrected chi connectivity index (χ3v) is 4.23. The van der Waals surface area contributed by atoms with E-state index in [1.807, 2.05) is 6.08 Å². The summed E-state index contributed by atoms with van der Waals surface area (Å²) in [7, 11) is 3.48. The molecule has 0 aliphatic heterocycles. The van der Waals surface area contributed by atoms with Crippen molar-refractivity contribution in [1.82, 2.24) is 0 Å². The van der Waals surface area contributed by atoms with Crippen LogP contribution in [0.1, 0.15) is 71.1 Å². The highest BCUT2D eigenvalue weighted by Gasteiger charge is 2.28. The number of rotatable bonds is 16. The molecule has 4 heteroatoms. The van der Waals surface area contributed by atoms with Gasteiger partial charge in [0, 0.05) is 32.8 Å². The van der Waals surface area contributed by atoms with Crippen LogP contribution in [-0.2, 0) is 14.2 Å². The quantitative estimate of drug-likeness (QED) is 0.178. The molecule has 0 aromatic carbocycles. The third-order valence-electron chi connectivity index (χ3n) is 4.02. The molecule has 0 rings (SSSR count). The Morgan fingerprint density at radius 2 is 1.45 bits per heavy atom. The molecule has 0 amide bonds. The fourth-order valence-corrected chi connectivity index (χ4v) is 2.66. The van der Waals surface area contributed by atoms with Crippen molar-refractivity contribution in [2.75, 3.05) is 26.6 Å². The lowest BCUT2D eigenvalue weighted by molar-refractivity contribution is -0.216.